The first-order valence-corrected chi connectivity index (χ1v) is 11.1. The van der Waals surface area contributed by atoms with Gasteiger partial charge < -0.3 is 15.0 Å². The molecule has 1 saturated heterocycles. The molecule has 2 N–H and O–H groups in total. The van der Waals surface area contributed by atoms with Gasteiger partial charge in [-0.3, -0.25) is 14.5 Å². The van der Waals surface area contributed by atoms with Gasteiger partial charge in [0.1, 0.15) is 5.82 Å². The van der Waals surface area contributed by atoms with Gasteiger partial charge in [-0.15, -0.1) is 0 Å². The van der Waals surface area contributed by atoms with Crippen LogP contribution >= 0.6 is 11.3 Å². The number of hydrogen-bond donors (Lipinski definition) is 2. The maximum Gasteiger partial charge on any atom is 0.305 e. The number of nitrogens with one attached hydrogen (secondary N) is 1. The van der Waals surface area contributed by atoms with Crippen LogP contribution in [-0.4, -0.2) is 58.6 Å². The number of rotatable bonds is 6. The molecule has 3 aromatic rings. The predicted molar refractivity (Wildman–Crippen MR) is 120 cm³/mol. The molecule has 2 heterocycles. The van der Waals surface area contributed by atoms with Gasteiger partial charge in [0, 0.05) is 26.7 Å². The molecule has 1 aromatic heterocycles. The molecular formula is C23H23FN4O3S. The van der Waals surface area contributed by atoms with Crippen molar-refractivity contribution in [2.75, 3.05) is 26.7 Å². The van der Waals surface area contributed by atoms with E-state index in [1.54, 1.807) is 24.1 Å². The average molecular weight is 455 g/mol. The van der Waals surface area contributed by atoms with Gasteiger partial charge >= 0.3 is 4.87 Å². The summed E-state index contributed by atoms with van der Waals surface area (Å²) in [7, 11) is 1.67. The first-order valence-electron chi connectivity index (χ1n) is 10.3. The summed E-state index contributed by atoms with van der Waals surface area (Å²) in [6.07, 6.45) is 0.345. The van der Waals surface area contributed by atoms with Gasteiger partial charge in [-0.25, -0.2) is 4.39 Å². The van der Waals surface area contributed by atoms with Crippen molar-refractivity contribution in [1.29, 1.82) is 5.26 Å². The summed E-state index contributed by atoms with van der Waals surface area (Å²) in [6.45, 7) is 1.59. The Hall–Kier alpha value is -3.06. The number of thiazole rings is 1. The molecule has 1 unspecified atom stereocenters. The van der Waals surface area contributed by atoms with E-state index in [0.717, 1.165) is 21.6 Å². The SMILES string of the molecule is CN(C(=O)Cc1ccc2sc(=O)[nH]c2c1)C(CN1CC[C@H](O)C1)c1cc(F)cc(C#N)c1. The number of likely N-dealkylation sites (N-methyl/N-ethyl adjacent to an activating group) is 1. The average Bonchev–Trinajstić information content (AvgIpc) is 3.34. The monoisotopic (exact) mass is 454 g/mol. The highest BCUT2D eigenvalue weighted by atomic mass is 32.1. The number of aromatic nitrogens is 1. The van der Waals surface area contributed by atoms with Crippen LogP contribution in [0.15, 0.2) is 41.2 Å². The molecule has 1 fully saturated rings. The van der Waals surface area contributed by atoms with E-state index in [-0.39, 0.29) is 22.8 Å². The lowest BCUT2D eigenvalue weighted by molar-refractivity contribution is -0.131. The van der Waals surface area contributed by atoms with E-state index in [9.17, 15) is 24.3 Å². The highest BCUT2D eigenvalue weighted by molar-refractivity contribution is 7.16. The predicted octanol–water partition coefficient (Wildman–Crippen LogP) is 2.41. The highest BCUT2D eigenvalue weighted by Gasteiger charge is 2.29. The topological polar surface area (TPSA) is 100 Å². The van der Waals surface area contributed by atoms with Crippen molar-refractivity contribution in [2.45, 2.75) is 25.0 Å². The summed E-state index contributed by atoms with van der Waals surface area (Å²) in [4.78, 5) is 31.0. The first-order chi connectivity index (χ1) is 15.3. The molecule has 0 saturated carbocycles. The lowest BCUT2D eigenvalue weighted by Crippen LogP contribution is -2.39. The fourth-order valence-electron chi connectivity index (χ4n) is 4.13. The van der Waals surface area contributed by atoms with Crippen LogP contribution in [0.3, 0.4) is 0 Å². The zero-order chi connectivity index (χ0) is 22.8. The summed E-state index contributed by atoms with van der Waals surface area (Å²) in [5.41, 5.74) is 2.19. The molecule has 9 heteroatoms. The van der Waals surface area contributed by atoms with Crippen molar-refractivity contribution < 1.29 is 14.3 Å². The maximum absolute atomic E-state index is 14.2. The maximum atomic E-state index is 14.2. The number of β-amino-alcohol motifs (C(OH)–C–C–N with tert-alkyl or cyclic N) is 1. The third-order valence-corrected chi connectivity index (χ3v) is 6.68. The standard InChI is InChI=1S/C23H23FN4O3S/c1-27(22(30)9-14-2-3-21-19(8-14)26-23(31)32-21)20(13-28-5-4-18(29)12-28)16-6-15(11-25)7-17(24)10-16/h2-3,6-8,10,18,20,29H,4-5,9,12-13H2,1H3,(H,26,31)/t18-,20?/m0/s1. The van der Waals surface area contributed by atoms with Gasteiger partial charge in [0.15, 0.2) is 0 Å². The largest absolute Gasteiger partial charge is 0.392 e. The number of nitriles is 1. The summed E-state index contributed by atoms with van der Waals surface area (Å²) in [5.74, 6) is -0.701. The van der Waals surface area contributed by atoms with E-state index in [4.69, 9.17) is 0 Å². The Kier molecular flexibility index (Phi) is 6.37. The molecule has 4 rings (SSSR count). The number of carbonyl (C=O) groups excluding carboxylic acids is 1. The van der Waals surface area contributed by atoms with Crippen LogP contribution in [0.4, 0.5) is 4.39 Å². The molecule has 0 spiro atoms. The molecule has 0 bridgehead atoms. The van der Waals surface area contributed by atoms with Gasteiger partial charge in [0.25, 0.3) is 0 Å². The van der Waals surface area contributed by atoms with Crippen molar-refractivity contribution in [3.63, 3.8) is 0 Å². The highest BCUT2D eigenvalue weighted by Crippen LogP contribution is 2.26. The summed E-state index contributed by atoms with van der Waals surface area (Å²) < 4.78 is 15.0. The summed E-state index contributed by atoms with van der Waals surface area (Å²) in [6, 6.07) is 11.0. The fraction of sp³-hybridized carbons (Fsp3) is 0.348. The summed E-state index contributed by atoms with van der Waals surface area (Å²) >= 11 is 1.12. The lowest BCUT2D eigenvalue weighted by Gasteiger charge is -2.32. The van der Waals surface area contributed by atoms with Crippen molar-refractivity contribution in [3.05, 3.63) is 68.6 Å². The Labute approximate surface area is 188 Å². The minimum atomic E-state index is -0.529. The number of fused-ring (bicyclic) bond motifs is 1. The van der Waals surface area contributed by atoms with E-state index in [0.29, 0.717) is 37.1 Å². The number of nitrogens with zero attached hydrogens (tertiary/aromatic N) is 3. The van der Waals surface area contributed by atoms with E-state index in [1.165, 1.54) is 12.1 Å². The number of hydrogen-bond acceptors (Lipinski definition) is 6. The number of benzene rings is 2. The lowest BCUT2D eigenvalue weighted by atomic mass is 10.0. The van der Waals surface area contributed by atoms with Gasteiger partial charge in [-0.2, -0.15) is 5.26 Å². The van der Waals surface area contributed by atoms with Crippen LogP contribution in [0.1, 0.15) is 29.2 Å². The Morgan fingerprint density at radius 2 is 2.22 bits per heavy atom. The number of halogens is 1. The van der Waals surface area contributed by atoms with Crippen molar-refractivity contribution in [1.82, 2.24) is 14.8 Å². The minimum absolute atomic E-state index is 0.115. The number of aliphatic hydroxyl groups is 1. The second-order valence-electron chi connectivity index (χ2n) is 8.13. The second-order valence-corrected chi connectivity index (χ2v) is 9.14. The number of aliphatic hydroxyl groups excluding tert-OH is 1. The molecule has 2 atom stereocenters. The smallest absolute Gasteiger partial charge is 0.305 e. The normalized spacial score (nSPS) is 17.4. The minimum Gasteiger partial charge on any atom is -0.392 e. The van der Waals surface area contributed by atoms with Crippen molar-refractivity contribution >= 4 is 27.5 Å². The molecule has 0 radical (unpaired) electrons. The molecule has 1 amide bonds. The van der Waals surface area contributed by atoms with Crippen LogP contribution in [0, 0.1) is 17.1 Å². The van der Waals surface area contributed by atoms with E-state index < -0.39 is 18.0 Å². The third kappa shape index (κ3) is 4.88. The Balaban J connectivity index is 1.59. The molecule has 0 aliphatic carbocycles. The van der Waals surface area contributed by atoms with Crippen LogP contribution in [0.2, 0.25) is 0 Å². The van der Waals surface area contributed by atoms with E-state index in [2.05, 4.69) is 4.98 Å². The number of amides is 1. The molecule has 2 aromatic carbocycles. The fourth-order valence-corrected chi connectivity index (χ4v) is 4.84. The van der Waals surface area contributed by atoms with Gasteiger partial charge in [-0.05, 0) is 47.9 Å². The number of aromatic amines is 1. The summed E-state index contributed by atoms with van der Waals surface area (Å²) in [5, 5.41) is 19.1. The molecular weight excluding hydrogens is 431 g/mol. The third-order valence-electron chi connectivity index (χ3n) is 5.81. The quantitative estimate of drug-likeness (QED) is 0.596. The Morgan fingerprint density at radius 3 is 2.94 bits per heavy atom. The van der Waals surface area contributed by atoms with Gasteiger partial charge in [0.2, 0.25) is 5.91 Å². The van der Waals surface area contributed by atoms with Gasteiger partial charge in [0.05, 0.1) is 40.4 Å². The number of likely N-dealkylation sites (tertiary alicyclic amines) is 1. The van der Waals surface area contributed by atoms with Crippen LogP contribution in [-0.2, 0) is 11.2 Å². The molecule has 1 aliphatic rings. The van der Waals surface area contributed by atoms with Crippen LogP contribution < -0.4 is 4.87 Å². The molecule has 32 heavy (non-hydrogen) atoms. The number of H-pyrrole nitrogens is 1. The Morgan fingerprint density at radius 1 is 1.41 bits per heavy atom. The van der Waals surface area contributed by atoms with Crippen molar-refractivity contribution in [2.24, 2.45) is 0 Å². The number of carbonyl (C=O) groups is 1. The Bertz CT molecular complexity index is 1250. The first kappa shape index (κ1) is 22.1. The van der Waals surface area contributed by atoms with Crippen LogP contribution in [0.5, 0.6) is 0 Å². The van der Waals surface area contributed by atoms with E-state index in [1.807, 2.05) is 23.1 Å². The zero-order valence-electron chi connectivity index (χ0n) is 17.5. The molecule has 166 valence electrons. The molecule has 7 nitrogen and oxygen atoms in total. The van der Waals surface area contributed by atoms with Crippen molar-refractivity contribution in [3.8, 4) is 6.07 Å². The molecule has 1 aliphatic heterocycles. The zero-order valence-corrected chi connectivity index (χ0v) is 18.4. The van der Waals surface area contributed by atoms with E-state index >= 15 is 0 Å². The van der Waals surface area contributed by atoms with Crippen LogP contribution in [0.25, 0.3) is 10.2 Å². The van der Waals surface area contributed by atoms with Gasteiger partial charge in [-0.1, -0.05) is 17.4 Å². The second kappa shape index (κ2) is 9.20.